The average Bonchev–Trinajstić information content (AvgIpc) is 2.98. The molecule has 0 aromatic rings. The summed E-state index contributed by atoms with van der Waals surface area (Å²) in [5, 5.41) is 16.4. The number of ether oxygens (including phenoxy) is 2. The number of guanidine groups is 1. The fraction of sp³-hybridized carbons (Fsp3) is 0.938. The van der Waals surface area contributed by atoms with Gasteiger partial charge in [-0.25, -0.2) is 0 Å². The summed E-state index contributed by atoms with van der Waals surface area (Å²) >= 11 is 0. The van der Waals surface area contributed by atoms with Crippen LogP contribution < -0.4 is 10.6 Å². The molecule has 2 aliphatic heterocycles. The van der Waals surface area contributed by atoms with E-state index in [4.69, 9.17) is 14.5 Å². The van der Waals surface area contributed by atoms with Crippen LogP contribution in [-0.2, 0) is 9.47 Å². The summed E-state index contributed by atoms with van der Waals surface area (Å²) in [7, 11) is 0. The molecule has 2 rings (SSSR count). The highest BCUT2D eigenvalue weighted by atomic mass is 16.5. The van der Waals surface area contributed by atoms with Crippen molar-refractivity contribution in [2.24, 2.45) is 10.4 Å². The maximum atomic E-state index is 9.74. The molecule has 0 aliphatic carbocycles. The smallest absolute Gasteiger partial charge is 0.191 e. The second-order valence-corrected chi connectivity index (χ2v) is 6.72. The van der Waals surface area contributed by atoms with E-state index >= 15 is 0 Å². The zero-order valence-corrected chi connectivity index (χ0v) is 14.0. The summed E-state index contributed by atoms with van der Waals surface area (Å²) in [6.07, 6.45) is 3.94. The third kappa shape index (κ3) is 4.83. The van der Waals surface area contributed by atoms with Crippen LogP contribution in [0.2, 0.25) is 0 Å². The molecule has 0 aromatic heterocycles. The maximum absolute atomic E-state index is 9.74. The second-order valence-electron chi connectivity index (χ2n) is 6.72. The summed E-state index contributed by atoms with van der Waals surface area (Å²) in [4.78, 5) is 4.70. The maximum Gasteiger partial charge on any atom is 0.191 e. The van der Waals surface area contributed by atoms with Crippen LogP contribution in [0.3, 0.4) is 0 Å². The minimum Gasteiger partial charge on any atom is -0.396 e. The Bertz CT molecular complexity index is 362. The van der Waals surface area contributed by atoms with E-state index < -0.39 is 0 Å². The molecule has 0 spiro atoms. The van der Waals surface area contributed by atoms with Crippen LogP contribution >= 0.6 is 0 Å². The largest absolute Gasteiger partial charge is 0.396 e. The number of hydrogen-bond donors (Lipinski definition) is 3. The average molecular weight is 313 g/mol. The minimum absolute atomic E-state index is 0.0937. The second kappa shape index (κ2) is 8.13. The van der Waals surface area contributed by atoms with Gasteiger partial charge in [-0.05, 0) is 39.5 Å². The van der Waals surface area contributed by atoms with Gasteiger partial charge in [0.1, 0.15) is 0 Å². The normalized spacial score (nSPS) is 28.6. The van der Waals surface area contributed by atoms with Gasteiger partial charge in [0, 0.05) is 38.3 Å². The van der Waals surface area contributed by atoms with Gasteiger partial charge >= 0.3 is 0 Å². The van der Waals surface area contributed by atoms with Gasteiger partial charge in [-0.15, -0.1) is 0 Å². The molecule has 1 unspecified atom stereocenters. The molecule has 1 atom stereocenters. The first-order valence-corrected chi connectivity index (χ1v) is 8.46. The van der Waals surface area contributed by atoms with Crippen molar-refractivity contribution < 1.29 is 14.6 Å². The fourth-order valence-electron chi connectivity index (χ4n) is 3.01. The molecule has 0 aromatic carbocycles. The first-order chi connectivity index (χ1) is 10.6. The van der Waals surface area contributed by atoms with Gasteiger partial charge in [-0.3, -0.25) is 4.99 Å². The van der Waals surface area contributed by atoms with Crippen LogP contribution in [-0.4, -0.2) is 62.7 Å². The van der Waals surface area contributed by atoms with Crippen molar-refractivity contribution in [1.82, 2.24) is 10.6 Å². The van der Waals surface area contributed by atoms with Gasteiger partial charge in [0.2, 0.25) is 0 Å². The van der Waals surface area contributed by atoms with Crippen molar-refractivity contribution >= 4 is 5.96 Å². The summed E-state index contributed by atoms with van der Waals surface area (Å²) in [6, 6.07) is 0. The van der Waals surface area contributed by atoms with E-state index in [0.29, 0.717) is 19.8 Å². The Balaban J connectivity index is 1.90. The Hall–Kier alpha value is -0.850. The SMILES string of the molecule is CCNC(=NCC1(CO)CCOCC1)NCC1(C)CCCO1. The number of nitrogens with one attached hydrogen (secondary N) is 2. The van der Waals surface area contributed by atoms with Crippen molar-refractivity contribution in [2.75, 3.05) is 46.1 Å². The van der Waals surface area contributed by atoms with Crippen LogP contribution in [0.15, 0.2) is 4.99 Å². The van der Waals surface area contributed by atoms with E-state index in [1.54, 1.807) is 0 Å². The first-order valence-electron chi connectivity index (χ1n) is 8.46. The molecule has 0 radical (unpaired) electrons. The third-order valence-electron chi connectivity index (χ3n) is 4.74. The van der Waals surface area contributed by atoms with Crippen molar-refractivity contribution in [2.45, 2.75) is 45.1 Å². The molecule has 6 nitrogen and oxygen atoms in total. The summed E-state index contributed by atoms with van der Waals surface area (Å²) in [5.41, 5.74) is -0.224. The predicted octanol–water partition coefficient (Wildman–Crippen LogP) is 0.900. The lowest BCUT2D eigenvalue weighted by atomic mass is 9.81. The molecule has 6 heteroatoms. The Morgan fingerprint density at radius 2 is 1.95 bits per heavy atom. The van der Waals surface area contributed by atoms with E-state index in [1.807, 2.05) is 0 Å². The molecule has 2 fully saturated rings. The zero-order chi connectivity index (χ0) is 15.9. The van der Waals surface area contributed by atoms with Crippen LogP contribution in [0.1, 0.15) is 39.5 Å². The van der Waals surface area contributed by atoms with E-state index in [-0.39, 0.29) is 17.6 Å². The van der Waals surface area contributed by atoms with Crippen molar-refractivity contribution in [3.63, 3.8) is 0 Å². The molecular weight excluding hydrogens is 282 g/mol. The molecule has 22 heavy (non-hydrogen) atoms. The van der Waals surface area contributed by atoms with Crippen molar-refractivity contribution in [3.05, 3.63) is 0 Å². The van der Waals surface area contributed by atoms with Crippen molar-refractivity contribution in [3.8, 4) is 0 Å². The highest BCUT2D eigenvalue weighted by Gasteiger charge is 2.32. The number of aliphatic hydroxyl groups excluding tert-OH is 1. The van der Waals surface area contributed by atoms with Crippen LogP contribution in [0, 0.1) is 5.41 Å². The first kappa shape index (κ1) is 17.5. The number of rotatable bonds is 6. The standard InChI is InChI=1S/C16H31N3O3/c1-3-17-14(18-11-15(2)5-4-8-22-15)19-12-16(13-20)6-9-21-10-7-16/h20H,3-13H2,1-2H3,(H2,17,18,19). The minimum atomic E-state index is -0.131. The third-order valence-corrected chi connectivity index (χ3v) is 4.74. The van der Waals surface area contributed by atoms with Gasteiger partial charge in [-0.2, -0.15) is 0 Å². The monoisotopic (exact) mass is 313 g/mol. The molecular formula is C16H31N3O3. The molecule has 0 bridgehead atoms. The van der Waals surface area contributed by atoms with E-state index in [2.05, 4.69) is 24.5 Å². The molecule has 2 heterocycles. The predicted molar refractivity (Wildman–Crippen MR) is 87.1 cm³/mol. The zero-order valence-electron chi connectivity index (χ0n) is 14.0. The van der Waals surface area contributed by atoms with E-state index in [9.17, 15) is 5.11 Å². The van der Waals surface area contributed by atoms with Crippen LogP contribution in [0.5, 0.6) is 0 Å². The molecule has 0 saturated carbocycles. The van der Waals surface area contributed by atoms with E-state index in [0.717, 1.165) is 51.3 Å². The van der Waals surface area contributed by atoms with Gasteiger partial charge < -0.3 is 25.2 Å². The quantitative estimate of drug-likeness (QED) is 0.502. The highest BCUT2D eigenvalue weighted by Crippen LogP contribution is 2.30. The number of aliphatic hydroxyl groups is 1. The summed E-state index contributed by atoms with van der Waals surface area (Å²) < 4.78 is 11.2. The molecule has 3 N–H and O–H groups in total. The van der Waals surface area contributed by atoms with Gasteiger partial charge in [0.05, 0.1) is 18.8 Å². The number of aliphatic imine (C=N–C) groups is 1. The van der Waals surface area contributed by atoms with Gasteiger partial charge in [0.15, 0.2) is 5.96 Å². The number of nitrogens with zero attached hydrogens (tertiary/aromatic N) is 1. The van der Waals surface area contributed by atoms with Crippen LogP contribution in [0.4, 0.5) is 0 Å². The van der Waals surface area contributed by atoms with Crippen molar-refractivity contribution in [1.29, 1.82) is 0 Å². The Labute approximate surface area is 133 Å². The molecule has 0 amide bonds. The lowest BCUT2D eigenvalue weighted by molar-refractivity contribution is -0.0106. The van der Waals surface area contributed by atoms with Gasteiger partial charge in [-0.1, -0.05) is 0 Å². The topological polar surface area (TPSA) is 75.1 Å². The fourth-order valence-corrected chi connectivity index (χ4v) is 3.01. The molecule has 128 valence electrons. The lowest BCUT2D eigenvalue weighted by Crippen LogP contribution is -2.46. The van der Waals surface area contributed by atoms with E-state index in [1.165, 1.54) is 0 Å². The van der Waals surface area contributed by atoms with Crippen LogP contribution in [0.25, 0.3) is 0 Å². The highest BCUT2D eigenvalue weighted by molar-refractivity contribution is 5.79. The van der Waals surface area contributed by atoms with Gasteiger partial charge in [0.25, 0.3) is 0 Å². The Morgan fingerprint density at radius 3 is 2.55 bits per heavy atom. The molecule has 2 aliphatic rings. The summed E-state index contributed by atoms with van der Waals surface area (Å²) in [5.74, 6) is 0.804. The number of hydrogen-bond acceptors (Lipinski definition) is 4. The summed E-state index contributed by atoms with van der Waals surface area (Å²) in [6.45, 7) is 8.84. The molecule has 2 saturated heterocycles. The Morgan fingerprint density at radius 1 is 1.18 bits per heavy atom. The lowest BCUT2D eigenvalue weighted by Gasteiger charge is -2.34. The Kier molecular flexibility index (Phi) is 6.47.